The quantitative estimate of drug-likeness (QED) is 0.160. The van der Waals surface area contributed by atoms with Crippen LogP contribution in [-0.4, -0.2) is 15.0 Å². The minimum atomic E-state index is 0.580. The number of rotatable bonds is 7. The van der Waals surface area contributed by atoms with E-state index in [1.807, 2.05) is 84.9 Å². The zero-order valence-corrected chi connectivity index (χ0v) is 32.7. The van der Waals surface area contributed by atoms with Crippen molar-refractivity contribution >= 4 is 71.7 Å². The molecule has 0 atom stereocenters. The Balaban J connectivity index is 1.07. The number of nitrogens with zero attached hydrogens (tertiary/aromatic N) is 4. The molecule has 0 fully saturated rings. The van der Waals surface area contributed by atoms with E-state index in [4.69, 9.17) is 23.8 Å². The Bertz CT molecular complexity index is 3540. The molecule has 6 nitrogen and oxygen atoms in total. The summed E-state index contributed by atoms with van der Waals surface area (Å²) in [6.45, 7) is 0. The molecule has 0 spiro atoms. The number of aromatic nitrogens is 3. The van der Waals surface area contributed by atoms with Crippen molar-refractivity contribution in [3.05, 3.63) is 206 Å². The molecule has 0 N–H and O–H groups in total. The highest BCUT2D eigenvalue weighted by molar-refractivity contribution is 6.25. The van der Waals surface area contributed by atoms with Crippen LogP contribution in [0.25, 0.3) is 99.9 Å². The van der Waals surface area contributed by atoms with Crippen molar-refractivity contribution in [1.82, 2.24) is 15.0 Å². The van der Waals surface area contributed by atoms with Crippen molar-refractivity contribution in [1.29, 1.82) is 0 Å². The third-order valence-corrected chi connectivity index (χ3v) is 11.5. The molecule has 0 radical (unpaired) electrons. The Morgan fingerprint density at radius 2 is 0.869 bits per heavy atom. The van der Waals surface area contributed by atoms with Gasteiger partial charge in [0.1, 0.15) is 22.3 Å². The molecule has 0 saturated carbocycles. The zero-order chi connectivity index (χ0) is 40.3. The second-order valence-electron chi connectivity index (χ2n) is 15.1. The predicted octanol–water partition coefficient (Wildman–Crippen LogP) is 15.0. The highest BCUT2D eigenvalue weighted by Gasteiger charge is 2.24. The topological polar surface area (TPSA) is 68.2 Å². The third-order valence-electron chi connectivity index (χ3n) is 11.5. The van der Waals surface area contributed by atoms with Crippen LogP contribution in [0.15, 0.2) is 215 Å². The van der Waals surface area contributed by atoms with Gasteiger partial charge in [-0.25, -0.2) is 15.0 Å². The van der Waals surface area contributed by atoms with E-state index in [1.54, 1.807) is 0 Å². The van der Waals surface area contributed by atoms with Gasteiger partial charge in [0.25, 0.3) is 0 Å². The van der Waals surface area contributed by atoms with Crippen LogP contribution < -0.4 is 4.90 Å². The van der Waals surface area contributed by atoms with Gasteiger partial charge in [-0.2, -0.15) is 0 Å². The molecule has 12 aromatic rings. The van der Waals surface area contributed by atoms with Gasteiger partial charge in [-0.05, 0) is 47.3 Å². The molecular formula is C55H34N4O2. The highest BCUT2D eigenvalue weighted by atomic mass is 16.3. The van der Waals surface area contributed by atoms with Crippen LogP contribution >= 0.6 is 0 Å². The number of hydrogen-bond acceptors (Lipinski definition) is 6. The summed E-state index contributed by atoms with van der Waals surface area (Å²) >= 11 is 0. The minimum absolute atomic E-state index is 0.580. The van der Waals surface area contributed by atoms with E-state index in [0.29, 0.717) is 17.5 Å². The second-order valence-corrected chi connectivity index (χ2v) is 15.1. The van der Waals surface area contributed by atoms with E-state index in [0.717, 1.165) is 99.5 Å². The Morgan fingerprint density at radius 3 is 1.62 bits per heavy atom. The van der Waals surface area contributed by atoms with Crippen molar-refractivity contribution in [2.24, 2.45) is 0 Å². The molecule has 0 aliphatic rings. The lowest BCUT2D eigenvalue weighted by atomic mass is 9.97. The normalized spacial score (nSPS) is 11.6. The molecule has 0 aliphatic carbocycles. The maximum Gasteiger partial charge on any atom is 0.164 e. The lowest BCUT2D eigenvalue weighted by molar-refractivity contribution is 0.669. The molecular weight excluding hydrogens is 749 g/mol. The molecule has 0 saturated heterocycles. The lowest BCUT2D eigenvalue weighted by Crippen LogP contribution is -2.10. The molecule has 61 heavy (non-hydrogen) atoms. The first-order valence-electron chi connectivity index (χ1n) is 20.4. The van der Waals surface area contributed by atoms with Gasteiger partial charge in [0.2, 0.25) is 0 Å². The predicted molar refractivity (Wildman–Crippen MR) is 248 cm³/mol. The molecule has 9 aromatic carbocycles. The van der Waals surface area contributed by atoms with Gasteiger partial charge in [-0.15, -0.1) is 0 Å². The second kappa shape index (κ2) is 14.2. The number of furan rings is 2. The molecule has 0 aliphatic heterocycles. The fourth-order valence-electron chi connectivity index (χ4n) is 8.75. The summed E-state index contributed by atoms with van der Waals surface area (Å²) in [7, 11) is 0. The smallest absolute Gasteiger partial charge is 0.164 e. The van der Waals surface area contributed by atoms with Gasteiger partial charge in [-0.1, -0.05) is 164 Å². The molecule has 286 valence electrons. The summed E-state index contributed by atoms with van der Waals surface area (Å²) in [6, 6.07) is 70.9. The van der Waals surface area contributed by atoms with Crippen molar-refractivity contribution < 1.29 is 8.83 Å². The van der Waals surface area contributed by atoms with Crippen molar-refractivity contribution in [2.45, 2.75) is 0 Å². The summed E-state index contributed by atoms with van der Waals surface area (Å²) in [5.41, 5.74) is 11.1. The van der Waals surface area contributed by atoms with E-state index in [2.05, 4.69) is 126 Å². The fourth-order valence-corrected chi connectivity index (χ4v) is 8.75. The van der Waals surface area contributed by atoms with Crippen molar-refractivity contribution in [3.8, 4) is 45.3 Å². The Hall–Kier alpha value is -8.35. The lowest BCUT2D eigenvalue weighted by Gasteiger charge is -2.27. The molecule has 12 rings (SSSR count). The molecule has 3 aromatic heterocycles. The largest absolute Gasteiger partial charge is 0.456 e. The number of benzene rings is 9. The number of anilines is 3. The number of fused-ring (bicyclic) bond motifs is 8. The van der Waals surface area contributed by atoms with Crippen LogP contribution in [-0.2, 0) is 0 Å². The average Bonchev–Trinajstić information content (AvgIpc) is 3.91. The maximum atomic E-state index is 6.87. The zero-order valence-electron chi connectivity index (χ0n) is 32.7. The summed E-state index contributed by atoms with van der Waals surface area (Å²) in [5.74, 6) is 1.80. The van der Waals surface area contributed by atoms with E-state index in [9.17, 15) is 0 Å². The van der Waals surface area contributed by atoms with Gasteiger partial charge in [0.15, 0.2) is 17.5 Å². The van der Waals surface area contributed by atoms with Crippen LogP contribution in [0, 0.1) is 0 Å². The standard InChI is InChI=1S/C55H34N4O2/c1-4-17-35(18-5-1)53-56-54(36-19-6-2-7-20-36)58-55(57-53)45-30-16-32-48-51(45)50-43-27-11-10-25-41(43)46(34-49(50)60-48)59(38-22-8-3-9-23-38)39-24-14-21-37(33-39)40-28-15-29-44-42-26-12-13-31-47(42)61-52(40)44/h1-34H. The van der Waals surface area contributed by atoms with Gasteiger partial charge < -0.3 is 13.7 Å². The van der Waals surface area contributed by atoms with Crippen molar-refractivity contribution in [2.75, 3.05) is 4.90 Å². The first-order valence-corrected chi connectivity index (χ1v) is 20.4. The first-order chi connectivity index (χ1) is 30.2. The van der Waals surface area contributed by atoms with Gasteiger partial charge in [0, 0.05) is 66.6 Å². The van der Waals surface area contributed by atoms with E-state index >= 15 is 0 Å². The van der Waals surface area contributed by atoms with Crippen molar-refractivity contribution in [3.63, 3.8) is 0 Å². The van der Waals surface area contributed by atoms with Gasteiger partial charge in [-0.3, -0.25) is 0 Å². The van der Waals surface area contributed by atoms with Crippen LogP contribution in [0.1, 0.15) is 0 Å². The molecule has 3 heterocycles. The van der Waals surface area contributed by atoms with E-state index in [-0.39, 0.29) is 0 Å². The summed E-state index contributed by atoms with van der Waals surface area (Å²) in [6.07, 6.45) is 0. The number of hydrogen-bond donors (Lipinski definition) is 0. The molecule has 6 heteroatoms. The van der Waals surface area contributed by atoms with Gasteiger partial charge in [0.05, 0.1) is 5.69 Å². The van der Waals surface area contributed by atoms with Crippen LogP contribution in [0.2, 0.25) is 0 Å². The van der Waals surface area contributed by atoms with Crippen LogP contribution in [0.3, 0.4) is 0 Å². The fraction of sp³-hybridized carbons (Fsp3) is 0. The van der Waals surface area contributed by atoms with Crippen LogP contribution in [0.5, 0.6) is 0 Å². The minimum Gasteiger partial charge on any atom is -0.456 e. The summed E-state index contributed by atoms with van der Waals surface area (Å²) in [4.78, 5) is 17.5. The molecule has 0 bridgehead atoms. The Labute approximate surface area is 350 Å². The van der Waals surface area contributed by atoms with E-state index in [1.165, 1.54) is 0 Å². The summed E-state index contributed by atoms with van der Waals surface area (Å²) in [5, 5.41) is 6.31. The average molecular weight is 783 g/mol. The number of para-hydroxylation sites is 3. The summed E-state index contributed by atoms with van der Waals surface area (Å²) < 4.78 is 13.4. The van der Waals surface area contributed by atoms with Gasteiger partial charge >= 0.3 is 0 Å². The Kier molecular flexibility index (Phi) is 8.06. The van der Waals surface area contributed by atoms with E-state index < -0.39 is 0 Å². The van der Waals surface area contributed by atoms with Crippen LogP contribution in [0.4, 0.5) is 17.1 Å². The maximum absolute atomic E-state index is 6.87. The monoisotopic (exact) mass is 782 g/mol. The molecule has 0 amide bonds. The Morgan fingerprint density at radius 1 is 0.328 bits per heavy atom. The molecule has 0 unspecified atom stereocenters. The third kappa shape index (κ3) is 5.84. The highest BCUT2D eigenvalue weighted by Crippen LogP contribution is 2.47. The SMILES string of the molecule is c1ccc(-c2nc(-c3ccccc3)nc(-c3cccc4oc5cc(N(c6ccccc6)c6cccc(-c7cccc8c7oc7ccccc78)c6)c6ccccc6c5c34)n2)cc1. The first kappa shape index (κ1) is 34.7.